The molecule has 1 aromatic heterocycles. The minimum Gasteiger partial charge on any atom is -0.344 e. The van der Waals surface area contributed by atoms with Gasteiger partial charge in [0.1, 0.15) is 0 Å². The topological polar surface area (TPSA) is 4.93 Å². The molecule has 0 fully saturated rings. The van der Waals surface area contributed by atoms with Crippen LogP contribution in [0.3, 0.4) is 0 Å². The van der Waals surface area contributed by atoms with Gasteiger partial charge < -0.3 is 4.57 Å². The van der Waals surface area contributed by atoms with Crippen molar-refractivity contribution in [1.82, 2.24) is 4.57 Å². The Morgan fingerprint density at radius 2 is 1.18 bits per heavy atom. The fraction of sp³-hybridized carbons (Fsp3) is 0.133. The fourth-order valence-electron chi connectivity index (χ4n) is 4.87. The maximum atomic E-state index is 6.72. The molecule has 0 N–H and O–H groups in total. The van der Waals surface area contributed by atoms with Crippen LogP contribution in [0.1, 0.15) is 17.7 Å². The average molecular weight is 466 g/mol. The number of fused-ring (bicyclic) bond motifs is 1. The Morgan fingerprint density at radius 3 is 1.79 bits per heavy atom. The van der Waals surface area contributed by atoms with E-state index in [0.717, 1.165) is 19.4 Å². The van der Waals surface area contributed by atoms with Gasteiger partial charge in [-0.3, -0.25) is 0 Å². The van der Waals surface area contributed by atoms with Crippen molar-refractivity contribution in [3.63, 3.8) is 0 Å². The summed E-state index contributed by atoms with van der Waals surface area (Å²) in [6.45, 7) is 3.25. The third-order valence-corrected chi connectivity index (χ3v) is 11.5. The second-order valence-corrected chi connectivity index (χ2v) is 12.8. The van der Waals surface area contributed by atoms with Crippen molar-refractivity contribution in [2.45, 2.75) is 26.3 Å². The quantitative estimate of drug-likeness (QED) is 0.254. The number of nitrogens with zero attached hydrogens (tertiary/aromatic N) is 1. The summed E-state index contributed by atoms with van der Waals surface area (Å²) in [6.07, 6.45) is 2.18. The highest BCUT2D eigenvalue weighted by atomic mass is 32.4. The summed E-state index contributed by atoms with van der Waals surface area (Å²) >= 11 is 6.72. The number of hydrogen-bond acceptors (Lipinski definition) is 1. The molecule has 4 aromatic carbocycles. The summed E-state index contributed by atoms with van der Waals surface area (Å²) in [7, 11) is 0. The van der Waals surface area contributed by atoms with E-state index in [9.17, 15) is 0 Å². The third-order valence-electron chi connectivity index (χ3n) is 6.44. The Kier molecular flexibility index (Phi) is 6.31. The molecule has 0 amide bonds. The highest BCUT2D eigenvalue weighted by molar-refractivity contribution is 8.25. The zero-order valence-electron chi connectivity index (χ0n) is 18.9. The summed E-state index contributed by atoms with van der Waals surface area (Å²) in [4.78, 5) is 0. The third kappa shape index (κ3) is 4.10. The van der Waals surface area contributed by atoms with Crippen LogP contribution < -0.4 is 15.9 Å². The van der Waals surface area contributed by atoms with Crippen molar-refractivity contribution in [1.29, 1.82) is 0 Å². The first kappa shape index (κ1) is 21.9. The van der Waals surface area contributed by atoms with Gasteiger partial charge in [-0.1, -0.05) is 121 Å². The molecule has 0 unspecified atom stereocenters. The first-order valence-corrected chi connectivity index (χ1v) is 14.3. The van der Waals surface area contributed by atoms with Gasteiger partial charge in [-0.25, -0.2) is 0 Å². The molecule has 0 aliphatic heterocycles. The summed E-state index contributed by atoms with van der Waals surface area (Å²) in [5.41, 5.74) is 3.99. The number of aryl methyl sites for hydroxylation is 2. The summed E-state index contributed by atoms with van der Waals surface area (Å²) in [5.74, 6) is 0. The zero-order valence-corrected chi connectivity index (χ0v) is 20.6. The molecule has 0 aliphatic rings. The number of hydrogen-bond donors (Lipinski definition) is 0. The van der Waals surface area contributed by atoms with Crippen LogP contribution in [-0.2, 0) is 24.8 Å². The molecule has 1 nitrogen and oxygen atoms in total. The lowest BCUT2D eigenvalue weighted by atomic mass is 10.1. The highest BCUT2D eigenvalue weighted by Crippen LogP contribution is 2.46. The van der Waals surface area contributed by atoms with Crippen LogP contribution in [0.5, 0.6) is 0 Å². The largest absolute Gasteiger partial charge is 0.344 e. The van der Waals surface area contributed by atoms with Crippen molar-refractivity contribution in [2.75, 3.05) is 0 Å². The molecule has 5 rings (SSSR count). The van der Waals surface area contributed by atoms with Crippen molar-refractivity contribution in [3.05, 3.63) is 127 Å². The Balaban J connectivity index is 1.65. The minimum atomic E-state index is -2.22. The van der Waals surface area contributed by atoms with E-state index in [0.29, 0.717) is 0 Å². The Hall–Kier alpha value is -2.93. The van der Waals surface area contributed by atoms with E-state index in [2.05, 4.69) is 127 Å². The molecule has 0 radical (unpaired) electrons. The Labute approximate surface area is 201 Å². The van der Waals surface area contributed by atoms with Crippen LogP contribution >= 0.6 is 6.04 Å². The van der Waals surface area contributed by atoms with Gasteiger partial charge in [0.2, 0.25) is 0 Å². The standard InChI is InChI=1S/C30H28NPS/c1-24-30(32(33,26-17-7-3-8-18-26)27-19-9-4-10-20-27)28-21-11-12-22-29(28)31(24)23-13-16-25-14-5-2-6-15-25/h2-12,14-15,17-22H,13,16,23H2,1H3. The minimum absolute atomic E-state index is 0.986. The molecule has 3 heteroatoms. The summed E-state index contributed by atoms with van der Waals surface area (Å²) in [5, 5.41) is 5.14. The first-order chi connectivity index (χ1) is 16.2. The highest BCUT2D eigenvalue weighted by Gasteiger charge is 2.30. The number of rotatable bonds is 7. The van der Waals surface area contributed by atoms with Crippen molar-refractivity contribution >= 4 is 44.7 Å². The molecule has 0 saturated heterocycles. The molecule has 0 atom stereocenters. The van der Waals surface area contributed by atoms with Crippen LogP contribution in [0.25, 0.3) is 10.9 Å². The van der Waals surface area contributed by atoms with Gasteiger partial charge in [-0.05, 0) is 42.0 Å². The van der Waals surface area contributed by atoms with E-state index in [4.69, 9.17) is 11.8 Å². The van der Waals surface area contributed by atoms with Gasteiger partial charge in [-0.2, -0.15) is 0 Å². The van der Waals surface area contributed by atoms with Gasteiger partial charge in [0, 0.05) is 34.5 Å². The van der Waals surface area contributed by atoms with Gasteiger partial charge in [-0.15, -0.1) is 0 Å². The zero-order chi connectivity index (χ0) is 22.7. The molecule has 1 heterocycles. The number of benzene rings is 4. The molecule has 5 aromatic rings. The Bertz CT molecular complexity index is 1360. The van der Waals surface area contributed by atoms with Crippen molar-refractivity contribution in [2.24, 2.45) is 0 Å². The van der Waals surface area contributed by atoms with E-state index in [-0.39, 0.29) is 0 Å². The normalized spacial score (nSPS) is 11.7. The average Bonchev–Trinajstić information content (AvgIpc) is 3.17. The molecular weight excluding hydrogens is 437 g/mol. The van der Waals surface area contributed by atoms with Crippen LogP contribution in [0.2, 0.25) is 0 Å². The SMILES string of the molecule is Cc1c(P(=S)(c2ccccc2)c2ccccc2)c2ccccc2n1CCCc1ccccc1. The lowest BCUT2D eigenvalue weighted by Gasteiger charge is -2.25. The molecule has 0 aliphatic carbocycles. The van der Waals surface area contributed by atoms with E-state index in [1.165, 1.54) is 38.1 Å². The van der Waals surface area contributed by atoms with Crippen LogP contribution in [-0.4, -0.2) is 4.57 Å². The molecule has 0 spiro atoms. The second-order valence-electron chi connectivity index (χ2n) is 8.47. The molecule has 164 valence electrons. The van der Waals surface area contributed by atoms with Gasteiger partial charge in [0.25, 0.3) is 0 Å². The van der Waals surface area contributed by atoms with Gasteiger partial charge in [0.15, 0.2) is 0 Å². The predicted octanol–water partition coefficient (Wildman–Crippen LogP) is 6.34. The lowest BCUT2D eigenvalue weighted by molar-refractivity contribution is 0.650. The molecule has 33 heavy (non-hydrogen) atoms. The van der Waals surface area contributed by atoms with Crippen LogP contribution in [0.15, 0.2) is 115 Å². The van der Waals surface area contributed by atoms with E-state index in [1.54, 1.807) is 0 Å². The monoisotopic (exact) mass is 465 g/mol. The number of aromatic nitrogens is 1. The molecular formula is C30H28NPS. The smallest absolute Gasteiger partial charge is 0.0489 e. The van der Waals surface area contributed by atoms with E-state index in [1.807, 2.05) is 0 Å². The summed E-state index contributed by atoms with van der Waals surface area (Å²) < 4.78 is 2.50. The predicted molar refractivity (Wildman–Crippen MR) is 148 cm³/mol. The molecule has 0 saturated carbocycles. The molecule has 0 bridgehead atoms. The lowest BCUT2D eigenvalue weighted by Crippen LogP contribution is -2.26. The van der Waals surface area contributed by atoms with Crippen LogP contribution in [0.4, 0.5) is 0 Å². The van der Waals surface area contributed by atoms with Crippen LogP contribution in [0, 0.1) is 6.92 Å². The van der Waals surface area contributed by atoms with Crippen molar-refractivity contribution < 1.29 is 0 Å². The van der Waals surface area contributed by atoms with Gasteiger partial charge >= 0.3 is 0 Å². The first-order valence-electron chi connectivity index (χ1n) is 11.5. The Morgan fingerprint density at radius 1 is 0.667 bits per heavy atom. The maximum absolute atomic E-state index is 6.72. The van der Waals surface area contributed by atoms with E-state index >= 15 is 0 Å². The van der Waals surface area contributed by atoms with Gasteiger partial charge in [0.05, 0.1) is 0 Å². The second kappa shape index (κ2) is 9.51. The maximum Gasteiger partial charge on any atom is 0.0489 e. The fourth-order valence-corrected chi connectivity index (χ4v) is 9.39. The number of para-hydroxylation sites is 1. The summed E-state index contributed by atoms with van der Waals surface area (Å²) in [6, 6.07) is 38.9. The van der Waals surface area contributed by atoms with E-state index < -0.39 is 6.04 Å². The van der Waals surface area contributed by atoms with Crippen molar-refractivity contribution in [3.8, 4) is 0 Å².